The second-order valence-electron chi connectivity index (χ2n) is 10.5. The highest BCUT2D eigenvalue weighted by Gasteiger charge is 2.52. The molecule has 0 unspecified atom stereocenters. The third-order valence-electron chi connectivity index (χ3n) is 6.44. The lowest BCUT2D eigenvalue weighted by molar-refractivity contribution is -0.145. The summed E-state index contributed by atoms with van der Waals surface area (Å²) in [5, 5.41) is 2.44. The lowest BCUT2D eigenvalue weighted by atomic mass is 10.1. The molecule has 0 saturated carbocycles. The van der Waals surface area contributed by atoms with Crippen LogP contribution >= 0.6 is 22.6 Å². The van der Waals surface area contributed by atoms with Crippen molar-refractivity contribution in [2.75, 3.05) is 6.61 Å². The Balaban J connectivity index is 1.70. The average molecular weight is 599 g/mol. The SMILES string of the molecule is CC1(C)O[C@H](CO[Si](c2ccccc2)(c2ccccc2)C(C)(C)C)[C@H](/C(I)=C/c2ccccc2)O1. The average Bonchev–Trinajstić information content (AvgIpc) is 3.15. The molecule has 1 fully saturated rings. The maximum atomic E-state index is 7.18. The number of ether oxygens (including phenoxy) is 2. The first-order valence-electron chi connectivity index (χ1n) is 12.2. The standard InChI is InChI=1S/C30H35IO3Si/c1-29(2,3)35(24-17-11-7-12-18-24,25-19-13-8-14-20-25)32-22-27-28(34-30(4,5)33-27)26(31)21-23-15-9-6-10-16-23/h6-21,27-28H,22H2,1-5H3/b26-21-/t27-,28+/m1/s1. The van der Waals surface area contributed by atoms with Crippen molar-refractivity contribution in [1.29, 1.82) is 0 Å². The van der Waals surface area contributed by atoms with Crippen molar-refractivity contribution in [1.82, 2.24) is 0 Å². The van der Waals surface area contributed by atoms with Gasteiger partial charge in [-0.25, -0.2) is 0 Å². The third kappa shape index (κ3) is 5.80. The van der Waals surface area contributed by atoms with Gasteiger partial charge in [0.2, 0.25) is 0 Å². The zero-order valence-corrected chi connectivity index (χ0v) is 24.4. The molecule has 0 amide bonds. The van der Waals surface area contributed by atoms with E-state index >= 15 is 0 Å². The van der Waals surface area contributed by atoms with Gasteiger partial charge in [0.25, 0.3) is 8.32 Å². The molecule has 184 valence electrons. The van der Waals surface area contributed by atoms with Gasteiger partial charge < -0.3 is 13.9 Å². The molecule has 1 aliphatic heterocycles. The lowest BCUT2D eigenvalue weighted by Gasteiger charge is -2.43. The molecule has 0 N–H and O–H groups in total. The van der Waals surface area contributed by atoms with Gasteiger partial charge in [-0.05, 0) is 63.5 Å². The molecule has 1 heterocycles. The van der Waals surface area contributed by atoms with Gasteiger partial charge in [-0.3, -0.25) is 0 Å². The molecule has 3 aromatic carbocycles. The van der Waals surface area contributed by atoms with Gasteiger partial charge in [0.1, 0.15) is 12.2 Å². The van der Waals surface area contributed by atoms with Gasteiger partial charge >= 0.3 is 0 Å². The molecule has 0 aromatic heterocycles. The Morgan fingerprint density at radius 3 is 1.83 bits per heavy atom. The van der Waals surface area contributed by atoms with E-state index in [1.54, 1.807) is 0 Å². The summed E-state index contributed by atoms with van der Waals surface area (Å²) in [6.07, 6.45) is 1.77. The molecule has 0 spiro atoms. The zero-order chi connectivity index (χ0) is 25.1. The molecule has 1 saturated heterocycles. The summed E-state index contributed by atoms with van der Waals surface area (Å²) in [5.74, 6) is -0.676. The van der Waals surface area contributed by atoms with Crippen LogP contribution in [0.5, 0.6) is 0 Å². The van der Waals surface area contributed by atoms with Crippen LogP contribution in [-0.2, 0) is 13.9 Å². The molecule has 0 radical (unpaired) electrons. The van der Waals surface area contributed by atoms with E-state index < -0.39 is 14.1 Å². The fraction of sp³-hybridized carbons (Fsp3) is 0.333. The van der Waals surface area contributed by atoms with Crippen LogP contribution in [0.3, 0.4) is 0 Å². The Kier molecular flexibility index (Phi) is 8.03. The Labute approximate surface area is 224 Å². The molecule has 2 atom stereocenters. The Bertz CT molecular complexity index is 1090. The summed E-state index contributed by atoms with van der Waals surface area (Å²) in [6.45, 7) is 11.3. The van der Waals surface area contributed by atoms with Crippen LogP contribution in [0.2, 0.25) is 5.04 Å². The normalized spacial score (nSPS) is 20.7. The first-order valence-corrected chi connectivity index (χ1v) is 15.1. The molecule has 4 rings (SSSR count). The molecular weight excluding hydrogens is 563 g/mol. The maximum Gasteiger partial charge on any atom is 0.261 e. The van der Waals surface area contributed by atoms with E-state index in [9.17, 15) is 0 Å². The molecule has 3 aromatic rings. The quantitative estimate of drug-likeness (QED) is 0.228. The fourth-order valence-electron chi connectivity index (χ4n) is 4.95. The predicted octanol–water partition coefficient (Wildman–Crippen LogP) is 6.56. The van der Waals surface area contributed by atoms with Crippen molar-refractivity contribution in [2.24, 2.45) is 0 Å². The minimum absolute atomic E-state index is 0.0901. The van der Waals surface area contributed by atoms with Crippen molar-refractivity contribution in [3.63, 3.8) is 0 Å². The largest absolute Gasteiger partial charge is 0.405 e. The van der Waals surface area contributed by atoms with Gasteiger partial charge in [0, 0.05) is 3.58 Å². The summed E-state index contributed by atoms with van der Waals surface area (Å²) < 4.78 is 21.1. The van der Waals surface area contributed by atoms with E-state index in [1.807, 2.05) is 19.9 Å². The highest BCUT2D eigenvalue weighted by atomic mass is 127. The van der Waals surface area contributed by atoms with Gasteiger partial charge in [0.15, 0.2) is 5.79 Å². The predicted molar refractivity (Wildman–Crippen MR) is 156 cm³/mol. The van der Waals surface area contributed by atoms with Crippen molar-refractivity contribution in [2.45, 2.75) is 57.7 Å². The summed E-state index contributed by atoms with van der Waals surface area (Å²) >= 11 is 2.39. The molecule has 0 bridgehead atoms. The molecular formula is C30H35IO3Si. The number of halogens is 1. The topological polar surface area (TPSA) is 27.7 Å². The first kappa shape index (κ1) is 26.3. The van der Waals surface area contributed by atoms with E-state index in [0.717, 1.165) is 9.14 Å². The van der Waals surface area contributed by atoms with Crippen molar-refractivity contribution >= 4 is 47.4 Å². The molecule has 3 nitrogen and oxygen atoms in total. The van der Waals surface area contributed by atoms with E-state index in [4.69, 9.17) is 13.9 Å². The first-order chi connectivity index (χ1) is 16.6. The Morgan fingerprint density at radius 2 is 1.34 bits per heavy atom. The summed E-state index contributed by atoms with van der Waals surface area (Å²) in [5.41, 5.74) is 1.15. The highest BCUT2D eigenvalue weighted by Crippen LogP contribution is 2.39. The second kappa shape index (κ2) is 10.7. The van der Waals surface area contributed by atoms with E-state index in [1.165, 1.54) is 10.4 Å². The number of benzene rings is 3. The van der Waals surface area contributed by atoms with Crippen LogP contribution in [0.15, 0.2) is 94.6 Å². The van der Waals surface area contributed by atoms with Crippen LogP contribution < -0.4 is 10.4 Å². The van der Waals surface area contributed by atoms with Crippen LogP contribution in [0, 0.1) is 0 Å². The minimum Gasteiger partial charge on any atom is -0.405 e. The van der Waals surface area contributed by atoms with Gasteiger partial charge in [-0.15, -0.1) is 0 Å². The molecule has 1 aliphatic rings. The second-order valence-corrected chi connectivity index (χ2v) is 16.1. The fourth-order valence-corrected chi connectivity index (χ4v) is 10.4. The molecule has 5 heteroatoms. The van der Waals surface area contributed by atoms with Crippen LogP contribution in [0.25, 0.3) is 6.08 Å². The van der Waals surface area contributed by atoms with Crippen LogP contribution in [0.1, 0.15) is 40.2 Å². The summed E-state index contributed by atoms with van der Waals surface area (Å²) in [7, 11) is -2.66. The van der Waals surface area contributed by atoms with E-state index in [-0.39, 0.29) is 17.2 Å². The van der Waals surface area contributed by atoms with E-state index in [0.29, 0.717) is 6.61 Å². The molecule has 0 aliphatic carbocycles. The Hall–Kier alpha value is -1.77. The number of rotatable bonds is 7. The molecule has 35 heavy (non-hydrogen) atoms. The smallest absolute Gasteiger partial charge is 0.261 e. The Morgan fingerprint density at radius 1 is 0.857 bits per heavy atom. The number of hydrogen-bond donors (Lipinski definition) is 0. The zero-order valence-electron chi connectivity index (χ0n) is 21.2. The van der Waals surface area contributed by atoms with Crippen LogP contribution in [0.4, 0.5) is 0 Å². The number of hydrogen-bond acceptors (Lipinski definition) is 3. The summed E-state index contributed by atoms with van der Waals surface area (Å²) in [6, 6.07) is 31.8. The highest BCUT2D eigenvalue weighted by molar-refractivity contribution is 14.1. The van der Waals surface area contributed by atoms with Crippen molar-refractivity contribution < 1.29 is 13.9 Å². The summed E-state index contributed by atoms with van der Waals surface area (Å²) in [4.78, 5) is 0. The van der Waals surface area contributed by atoms with E-state index in [2.05, 4.69) is 134 Å². The van der Waals surface area contributed by atoms with Crippen LogP contribution in [-0.4, -0.2) is 32.9 Å². The lowest BCUT2D eigenvalue weighted by Crippen LogP contribution is -2.67. The van der Waals surface area contributed by atoms with Gasteiger partial charge in [-0.2, -0.15) is 0 Å². The monoisotopic (exact) mass is 598 g/mol. The van der Waals surface area contributed by atoms with Crippen molar-refractivity contribution in [3.05, 3.63) is 100 Å². The maximum absolute atomic E-state index is 7.18. The van der Waals surface area contributed by atoms with Crippen molar-refractivity contribution in [3.8, 4) is 0 Å². The van der Waals surface area contributed by atoms with Gasteiger partial charge in [0.05, 0.1) is 6.61 Å². The minimum atomic E-state index is -2.66. The third-order valence-corrected chi connectivity index (χ3v) is 12.4. The van der Waals surface area contributed by atoms with Gasteiger partial charge in [-0.1, -0.05) is 112 Å².